The first-order chi connectivity index (χ1) is 16.1. The van der Waals surface area contributed by atoms with Crippen LogP contribution >= 0.6 is 0 Å². The molecule has 5 N–H and O–H groups in total. The minimum atomic E-state index is 0.501. The van der Waals surface area contributed by atoms with E-state index in [0.29, 0.717) is 12.0 Å². The summed E-state index contributed by atoms with van der Waals surface area (Å²) in [7, 11) is 0. The highest BCUT2D eigenvalue weighted by Gasteiger charge is 2.16. The standard InChI is InChI=1S/C28H37N5/c1-20(2)23-6-9-25(10-7-23)32-14-12-24-5-3-22(16-28(24)29)15-21-4-8-26(17-30-13-11-21)33-27-18-31-19-27/h4,6-11,13,16-17,20,27,31-33H,3,5,12,14-15,18-19,29H2,1-2H3. The zero-order valence-corrected chi connectivity index (χ0v) is 19.9. The number of nitrogens with two attached hydrogens (primary N) is 1. The van der Waals surface area contributed by atoms with Crippen molar-refractivity contribution in [1.29, 1.82) is 0 Å². The maximum atomic E-state index is 6.45. The normalized spacial score (nSPS) is 18.8. The van der Waals surface area contributed by atoms with E-state index in [0.717, 1.165) is 56.7 Å². The molecule has 1 aliphatic carbocycles. The smallest absolute Gasteiger partial charge is 0.0529 e. The molecule has 1 aromatic rings. The van der Waals surface area contributed by atoms with Gasteiger partial charge in [0.1, 0.15) is 0 Å². The van der Waals surface area contributed by atoms with E-state index < -0.39 is 0 Å². The summed E-state index contributed by atoms with van der Waals surface area (Å²) in [4.78, 5) is 4.41. The maximum absolute atomic E-state index is 6.45. The summed E-state index contributed by atoms with van der Waals surface area (Å²) in [6.07, 6.45) is 16.4. The second-order valence-corrected chi connectivity index (χ2v) is 9.45. The Morgan fingerprint density at radius 3 is 2.64 bits per heavy atom. The lowest BCUT2D eigenvalue weighted by molar-refractivity contribution is 0.397. The first kappa shape index (κ1) is 23.1. The summed E-state index contributed by atoms with van der Waals surface area (Å²) in [5.74, 6) is 0.563. The van der Waals surface area contributed by atoms with E-state index in [-0.39, 0.29) is 0 Å². The fourth-order valence-corrected chi connectivity index (χ4v) is 4.25. The fourth-order valence-electron chi connectivity index (χ4n) is 4.25. The number of nitrogens with one attached hydrogen (secondary N) is 3. The van der Waals surface area contributed by atoms with Crippen LogP contribution in [0.3, 0.4) is 0 Å². The summed E-state index contributed by atoms with van der Waals surface area (Å²) in [5.41, 5.74) is 15.0. The van der Waals surface area contributed by atoms with Crippen molar-refractivity contribution < 1.29 is 0 Å². The molecule has 0 radical (unpaired) electrons. The number of hydrogen-bond donors (Lipinski definition) is 4. The molecule has 2 heterocycles. The molecule has 1 fully saturated rings. The highest BCUT2D eigenvalue weighted by molar-refractivity contribution is 5.79. The van der Waals surface area contributed by atoms with Crippen molar-refractivity contribution in [3.63, 3.8) is 0 Å². The summed E-state index contributed by atoms with van der Waals surface area (Å²) in [6, 6.07) is 9.26. The number of aliphatic imine (C=N–C) groups is 1. The molecular weight excluding hydrogens is 406 g/mol. The van der Waals surface area contributed by atoms with Crippen LogP contribution in [0.2, 0.25) is 0 Å². The predicted molar refractivity (Wildman–Crippen MR) is 140 cm³/mol. The van der Waals surface area contributed by atoms with Crippen LogP contribution in [0.25, 0.3) is 0 Å². The SMILES string of the molecule is CC(C)c1ccc(NCCC2=C(N)C=C(CC3=CC=C(NC4CNC4)C=NC=C3)CC2)cc1. The molecule has 0 saturated carbocycles. The van der Waals surface area contributed by atoms with Crippen LogP contribution in [0, 0.1) is 0 Å². The second kappa shape index (κ2) is 11.2. The third-order valence-corrected chi connectivity index (χ3v) is 6.50. The Labute approximate surface area is 198 Å². The van der Waals surface area contributed by atoms with E-state index in [9.17, 15) is 0 Å². The third-order valence-electron chi connectivity index (χ3n) is 6.50. The summed E-state index contributed by atoms with van der Waals surface area (Å²) >= 11 is 0. The fraction of sp³-hybridized carbons (Fsp3) is 0.393. The largest absolute Gasteiger partial charge is 0.399 e. The van der Waals surface area contributed by atoms with Gasteiger partial charge in [0.05, 0.1) is 11.7 Å². The average Bonchev–Trinajstić information content (AvgIpc) is 2.76. The summed E-state index contributed by atoms with van der Waals surface area (Å²) in [6.45, 7) is 7.37. The molecule has 3 aliphatic rings. The van der Waals surface area contributed by atoms with Gasteiger partial charge in [-0.1, -0.05) is 37.6 Å². The van der Waals surface area contributed by atoms with Crippen molar-refractivity contribution in [3.8, 4) is 0 Å². The van der Waals surface area contributed by atoms with Crippen LogP contribution < -0.4 is 21.7 Å². The van der Waals surface area contributed by atoms with E-state index in [1.807, 2.05) is 12.4 Å². The van der Waals surface area contributed by atoms with Crippen molar-refractivity contribution in [2.24, 2.45) is 10.7 Å². The molecule has 1 saturated heterocycles. The van der Waals surface area contributed by atoms with Gasteiger partial charge in [0.25, 0.3) is 0 Å². The molecule has 5 heteroatoms. The molecule has 174 valence electrons. The Hall–Kier alpha value is -3.05. The lowest BCUT2D eigenvalue weighted by Crippen LogP contribution is -2.55. The molecule has 0 spiro atoms. The Morgan fingerprint density at radius 1 is 1.12 bits per heavy atom. The summed E-state index contributed by atoms with van der Waals surface area (Å²) in [5, 5.41) is 10.3. The van der Waals surface area contributed by atoms with Crippen LogP contribution in [-0.4, -0.2) is 31.9 Å². The van der Waals surface area contributed by atoms with Gasteiger partial charge in [-0.15, -0.1) is 0 Å². The Kier molecular flexibility index (Phi) is 7.84. The van der Waals surface area contributed by atoms with Gasteiger partial charge in [0, 0.05) is 43.4 Å². The summed E-state index contributed by atoms with van der Waals surface area (Å²) < 4.78 is 0. The van der Waals surface area contributed by atoms with Crippen molar-refractivity contribution >= 4 is 11.9 Å². The number of benzene rings is 1. The molecule has 33 heavy (non-hydrogen) atoms. The molecule has 0 bridgehead atoms. The Balaban J connectivity index is 1.30. The van der Waals surface area contributed by atoms with Gasteiger partial charge >= 0.3 is 0 Å². The van der Waals surface area contributed by atoms with Gasteiger partial charge in [-0.25, -0.2) is 0 Å². The lowest BCUT2D eigenvalue weighted by atomic mass is 9.90. The highest BCUT2D eigenvalue weighted by atomic mass is 15.1. The first-order valence-corrected chi connectivity index (χ1v) is 12.2. The lowest BCUT2D eigenvalue weighted by Gasteiger charge is -2.29. The van der Waals surface area contributed by atoms with Gasteiger partial charge in [-0.3, -0.25) is 4.99 Å². The molecule has 0 unspecified atom stereocenters. The highest BCUT2D eigenvalue weighted by Crippen LogP contribution is 2.28. The number of allylic oxidation sites excluding steroid dienone is 7. The molecule has 0 atom stereocenters. The quantitative estimate of drug-likeness (QED) is 0.438. The van der Waals surface area contributed by atoms with Crippen molar-refractivity contribution in [3.05, 3.63) is 88.4 Å². The second-order valence-electron chi connectivity index (χ2n) is 9.45. The van der Waals surface area contributed by atoms with Crippen LogP contribution in [0.1, 0.15) is 51.0 Å². The van der Waals surface area contributed by atoms with Gasteiger partial charge in [-0.2, -0.15) is 0 Å². The van der Waals surface area contributed by atoms with Crippen LogP contribution in [0.15, 0.2) is 87.9 Å². The molecular formula is C28H37N5. The van der Waals surface area contributed by atoms with Gasteiger partial charge in [0.15, 0.2) is 0 Å². The third kappa shape index (κ3) is 6.72. The molecule has 4 rings (SSSR count). The predicted octanol–water partition coefficient (Wildman–Crippen LogP) is 4.90. The van der Waals surface area contributed by atoms with Gasteiger partial charge in [-0.05, 0) is 78.7 Å². The Morgan fingerprint density at radius 2 is 1.94 bits per heavy atom. The van der Waals surface area contributed by atoms with Crippen LogP contribution in [0.4, 0.5) is 5.69 Å². The van der Waals surface area contributed by atoms with E-state index in [2.05, 4.69) is 83.4 Å². The van der Waals surface area contributed by atoms with Crippen LogP contribution in [0.5, 0.6) is 0 Å². The van der Waals surface area contributed by atoms with Crippen molar-refractivity contribution in [2.75, 3.05) is 25.0 Å². The first-order valence-electron chi connectivity index (χ1n) is 12.2. The topological polar surface area (TPSA) is 74.5 Å². The van der Waals surface area contributed by atoms with E-state index in [1.165, 1.54) is 28.0 Å². The van der Waals surface area contributed by atoms with Crippen molar-refractivity contribution in [1.82, 2.24) is 10.6 Å². The number of rotatable bonds is 9. The monoisotopic (exact) mass is 443 g/mol. The van der Waals surface area contributed by atoms with E-state index in [1.54, 1.807) is 0 Å². The molecule has 0 aromatic heterocycles. The van der Waals surface area contributed by atoms with Crippen molar-refractivity contribution in [2.45, 2.75) is 51.5 Å². The average molecular weight is 444 g/mol. The van der Waals surface area contributed by atoms with E-state index >= 15 is 0 Å². The maximum Gasteiger partial charge on any atom is 0.0529 e. The molecule has 0 amide bonds. The zero-order chi connectivity index (χ0) is 23.0. The van der Waals surface area contributed by atoms with E-state index in [4.69, 9.17) is 5.73 Å². The minimum absolute atomic E-state index is 0.501. The number of hydrogen-bond acceptors (Lipinski definition) is 5. The number of nitrogens with zero attached hydrogens (tertiary/aromatic N) is 1. The molecule has 5 nitrogen and oxygen atoms in total. The Bertz CT molecular complexity index is 1000. The zero-order valence-electron chi connectivity index (χ0n) is 19.9. The van der Waals surface area contributed by atoms with Gasteiger partial charge in [0.2, 0.25) is 0 Å². The molecule has 2 aliphatic heterocycles. The van der Waals surface area contributed by atoms with Crippen LogP contribution in [-0.2, 0) is 0 Å². The minimum Gasteiger partial charge on any atom is -0.399 e. The number of anilines is 1. The molecule has 1 aromatic carbocycles. The van der Waals surface area contributed by atoms with Gasteiger partial charge < -0.3 is 21.7 Å².